The maximum Gasteiger partial charge on any atom is 0.273 e. The Morgan fingerprint density at radius 2 is 1.89 bits per heavy atom. The molecule has 0 spiro atoms. The summed E-state index contributed by atoms with van der Waals surface area (Å²) in [6.07, 6.45) is 3.49. The number of methoxy groups -OCH3 is 1. The quantitative estimate of drug-likeness (QED) is 0.322. The Balaban J connectivity index is 1.68. The Kier molecular flexibility index (Phi) is 7.25. The van der Waals surface area contributed by atoms with Crippen molar-refractivity contribution in [3.63, 3.8) is 0 Å². The molecule has 4 rings (SSSR count). The molecular formula is C26H26BrN5O3. The minimum Gasteiger partial charge on any atom is -0.486 e. The van der Waals surface area contributed by atoms with Gasteiger partial charge in [-0.05, 0) is 53.5 Å². The molecule has 0 unspecified atom stereocenters. The highest BCUT2D eigenvalue weighted by molar-refractivity contribution is 9.10. The first kappa shape index (κ1) is 24.5. The van der Waals surface area contributed by atoms with Crippen molar-refractivity contribution in [1.82, 2.24) is 24.5 Å². The largest absolute Gasteiger partial charge is 0.486 e. The van der Waals surface area contributed by atoms with Crippen LogP contribution >= 0.6 is 15.9 Å². The number of pyridine rings is 3. The fourth-order valence-electron chi connectivity index (χ4n) is 3.59. The van der Waals surface area contributed by atoms with Crippen molar-refractivity contribution in [2.45, 2.75) is 40.2 Å². The molecule has 4 aromatic rings. The van der Waals surface area contributed by atoms with Gasteiger partial charge >= 0.3 is 0 Å². The van der Waals surface area contributed by atoms with Crippen molar-refractivity contribution < 1.29 is 9.47 Å². The molecule has 0 aliphatic heterocycles. The third-order valence-corrected chi connectivity index (χ3v) is 6.15. The summed E-state index contributed by atoms with van der Waals surface area (Å²) in [5, 5.41) is 0. The Hall–Kier alpha value is -3.59. The summed E-state index contributed by atoms with van der Waals surface area (Å²) in [7, 11) is 1.56. The second-order valence-corrected chi connectivity index (χ2v) is 9.17. The predicted octanol–water partition coefficient (Wildman–Crippen LogP) is 5.17. The van der Waals surface area contributed by atoms with Gasteiger partial charge in [0.25, 0.3) is 5.56 Å². The zero-order chi connectivity index (χ0) is 25.1. The van der Waals surface area contributed by atoms with Crippen molar-refractivity contribution >= 4 is 15.9 Å². The van der Waals surface area contributed by atoms with Gasteiger partial charge in [0.1, 0.15) is 22.7 Å². The number of hydrogen-bond acceptors (Lipinski definition) is 7. The van der Waals surface area contributed by atoms with Crippen LogP contribution in [0.2, 0.25) is 0 Å². The number of ether oxygens (including phenoxy) is 2. The smallest absolute Gasteiger partial charge is 0.273 e. The Morgan fingerprint density at radius 3 is 2.63 bits per heavy atom. The molecule has 0 aromatic carbocycles. The zero-order valence-corrected chi connectivity index (χ0v) is 21.8. The van der Waals surface area contributed by atoms with Crippen LogP contribution in [-0.4, -0.2) is 31.6 Å². The maximum absolute atomic E-state index is 13.3. The van der Waals surface area contributed by atoms with Gasteiger partial charge in [-0.2, -0.15) is 0 Å². The highest BCUT2D eigenvalue weighted by atomic mass is 79.9. The van der Waals surface area contributed by atoms with Gasteiger partial charge in [0.15, 0.2) is 0 Å². The first-order chi connectivity index (χ1) is 16.8. The first-order valence-electron chi connectivity index (χ1n) is 11.1. The normalized spacial score (nSPS) is 11.1. The Labute approximate surface area is 212 Å². The van der Waals surface area contributed by atoms with Gasteiger partial charge in [-0.1, -0.05) is 19.9 Å². The molecule has 0 radical (unpaired) electrons. The van der Waals surface area contributed by atoms with Crippen molar-refractivity contribution in [2.75, 3.05) is 7.11 Å². The highest BCUT2D eigenvalue weighted by Crippen LogP contribution is 2.27. The van der Waals surface area contributed by atoms with E-state index in [1.54, 1.807) is 30.0 Å². The number of aromatic nitrogens is 5. The van der Waals surface area contributed by atoms with E-state index in [0.29, 0.717) is 38.9 Å². The van der Waals surface area contributed by atoms with E-state index in [2.05, 4.69) is 30.9 Å². The molecular weight excluding hydrogens is 510 g/mol. The standard InChI is InChI=1S/C26H26BrN5O3/c1-15(2)25-29-13-16(3)24(31-25)20-12-19(9-10-28-20)32-17(4)11-21(23(27)26(32)33)35-14-18-7-6-8-22(30-18)34-5/h6-13,15H,14H2,1-5H3. The van der Waals surface area contributed by atoms with Crippen LogP contribution < -0.4 is 15.0 Å². The molecule has 0 aliphatic rings. The van der Waals surface area contributed by atoms with Crippen LogP contribution in [0.5, 0.6) is 11.6 Å². The zero-order valence-electron chi connectivity index (χ0n) is 20.2. The second kappa shape index (κ2) is 10.4. The average molecular weight is 536 g/mol. The summed E-state index contributed by atoms with van der Waals surface area (Å²) in [5.74, 6) is 1.89. The van der Waals surface area contributed by atoms with E-state index in [0.717, 1.165) is 17.1 Å². The molecule has 0 N–H and O–H groups in total. The molecule has 9 heteroatoms. The van der Waals surface area contributed by atoms with Crippen LogP contribution in [0.15, 0.2) is 58.1 Å². The van der Waals surface area contributed by atoms with Crippen LogP contribution in [0.25, 0.3) is 17.1 Å². The summed E-state index contributed by atoms with van der Waals surface area (Å²) in [6.45, 7) is 8.10. The Morgan fingerprint density at radius 1 is 1.09 bits per heavy atom. The van der Waals surface area contributed by atoms with Gasteiger partial charge in [-0.15, -0.1) is 0 Å². The fraction of sp³-hybridized carbons (Fsp3) is 0.269. The summed E-state index contributed by atoms with van der Waals surface area (Å²) in [6, 6.07) is 10.9. The SMILES string of the molecule is COc1cccc(COc2cc(C)n(-c3ccnc(-c4nc(C(C)C)ncc4C)c3)c(=O)c2Br)n1. The molecule has 0 atom stereocenters. The van der Waals surface area contributed by atoms with Crippen LogP contribution in [0.3, 0.4) is 0 Å². The molecule has 180 valence electrons. The lowest BCUT2D eigenvalue weighted by Gasteiger charge is -2.15. The van der Waals surface area contributed by atoms with Crippen molar-refractivity contribution in [3.05, 3.63) is 86.4 Å². The Bertz CT molecular complexity index is 1440. The minimum absolute atomic E-state index is 0.193. The summed E-state index contributed by atoms with van der Waals surface area (Å²) in [4.78, 5) is 31.3. The fourth-order valence-corrected chi connectivity index (χ4v) is 4.00. The van der Waals surface area contributed by atoms with E-state index in [1.807, 2.05) is 58.2 Å². The van der Waals surface area contributed by atoms with E-state index in [1.165, 1.54) is 0 Å². The van der Waals surface area contributed by atoms with Gasteiger partial charge in [0, 0.05) is 36.1 Å². The van der Waals surface area contributed by atoms with E-state index >= 15 is 0 Å². The lowest BCUT2D eigenvalue weighted by Crippen LogP contribution is -2.22. The van der Waals surface area contributed by atoms with Gasteiger partial charge in [-0.25, -0.2) is 15.0 Å². The van der Waals surface area contributed by atoms with Gasteiger partial charge < -0.3 is 9.47 Å². The second-order valence-electron chi connectivity index (χ2n) is 8.38. The van der Waals surface area contributed by atoms with E-state index in [9.17, 15) is 4.79 Å². The number of hydrogen-bond donors (Lipinski definition) is 0. The monoisotopic (exact) mass is 535 g/mol. The number of nitrogens with zero attached hydrogens (tertiary/aromatic N) is 5. The molecule has 0 bridgehead atoms. The van der Waals surface area contributed by atoms with Crippen LogP contribution in [0.4, 0.5) is 0 Å². The van der Waals surface area contributed by atoms with Crippen LogP contribution in [-0.2, 0) is 6.61 Å². The lowest BCUT2D eigenvalue weighted by atomic mass is 10.1. The molecule has 0 saturated carbocycles. The topological polar surface area (TPSA) is 92.0 Å². The molecule has 0 amide bonds. The maximum atomic E-state index is 13.3. The van der Waals surface area contributed by atoms with Gasteiger partial charge in [0.2, 0.25) is 5.88 Å². The number of aryl methyl sites for hydroxylation is 2. The molecule has 8 nitrogen and oxygen atoms in total. The summed E-state index contributed by atoms with van der Waals surface area (Å²) >= 11 is 3.43. The molecule has 4 heterocycles. The molecule has 0 saturated heterocycles. The molecule has 4 aromatic heterocycles. The van der Waals surface area contributed by atoms with Gasteiger partial charge in [-0.3, -0.25) is 14.3 Å². The molecule has 0 fully saturated rings. The van der Waals surface area contributed by atoms with Crippen molar-refractivity contribution in [2.24, 2.45) is 0 Å². The van der Waals surface area contributed by atoms with E-state index in [4.69, 9.17) is 14.5 Å². The molecule has 35 heavy (non-hydrogen) atoms. The van der Waals surface area contributed by atoms with Crippen molar-refractivity contribution in [3.8, 4) is 28.7 Å². The highest BCUT2D eigenvalue weighted by Gasteiger charge is 2.16. The van der Waals surface area contributed by atoms with Crippen molar-refractivity contribution in [1.29, 1.82) is 0 Å². The predicted molar refractivity (Wildman–Crippen MR) is 137 cm³/mol. The first-order valence-corrected chi connectivity index (χ1v) is 11.9. The number of rotatable bonds is 7. The number of halogens is 1. The summed E-state index contributed by atoms with van der Waals surface area (Å²) in [5.41, 5.74) is 4.20. The van der Waals surface area contributed by atoms with Gasteiger partial charge in [0.05, 0.1) is 29.9 Å². The van der Waals surface area contributed by atoms with E-state index in [-0.39, 0.29) is 18.1 Å². The third-order valence-electron chi connectivity index (χ3n) is 5.42. The minimum atomic E-state index is -0.238. The summed E-state index contributed by atoms with van der Waals surface area (Å²) < 4.78 is 13.0. The molecule has 0 aliphatic carbocycles. The third kappa shape index (κ3) is 5.24. The lowest BCUT2D eigenvalue weighted by molar-refractivity contribution is 0.295. The average Bonchev–Trinajstić information content (AvgIpc) is 2.86. The van der Waals surface area contributed by atoms with Crippen LogP contribution in [0, 0.1) is 13.8 Å². The van der Waals surface area contributed by atoms with Crippen LogP contribution in [0.1, 0.15) is 42.5 Å². The van der Waals surface area contributed by atoms with E-state index < -0.39 is 0 Å².